The Bertz CT molecular complexity index is 481. The molecule has 0 aliphatic heterocycles. The Hall–Kier alpha value is -1.83. The second kappa shape index (κ2) is 4.35. The molecule has 16 heavy (non-hydrogen) atoms. The fourth-order valence-corrected chi connectivity index (χ4v) is 1.80. The lowest BCUT2D eigenvalue weighted by Crippen LogP contribution is -2.09. The van der Waals surface area contributed by atoms with E-state index in [1.165, 1.54) is 12.1 Å². The van der Waals surface area contributed by atoms with Crippen molar-refractivity contribution in [3.8, 4) is 0 Å². The van der Waals surface area contributed by atoms with Gasteiger partial charge < -0.3 is 4.90 Å². The van der Waals surface area contributed by atoms with E-state index in [1.807, 2.05) is 0 Å². The molecule has 0 N–H and O–H groups in total. The third kappa shape index (κ3) is 2.83. The average Bonchev–Trinajstić information content (AvgIpc) is 2.16. The van der Waals surface area contributed by atoms with Crippen LogP contribution in [-0.4, -0.2) is 27.5 Å². The van der Waals surface area contributed by atoms with Crippen LogP contribution < -0.4 is 4.90 Å². The quantitative estimate of drug-likeness (QED) is 0.581. The number of hydrogen-bond donors (Lipinski definition) is 0. The van der Waals surface area contributed by atoms with Gasteiger partial charge in [-0.3, -0.25) is 14.9 Å². The second-order valence-corrected chi connectivity index (χ2v) is 4.77. The van der Waals surface area contributed by atoms with E-state index in [9.17, 15) is 18.5 Å². The molecule has 0 amide bonds. The van der Waals surface area contributed by atoms with Gasteiger partial charge in [0.2, 0.25) is 0 Å². The molecule has 0 unspecified atom stereocenters. The zero-order valence-corrected chi connectivity index (χ0v) is 9.51. The van der Waals surface area contributed by atoms with Crippen LogP contribution in [0, 0.1) is 10.1 Å². The molecule has 7 nitrogen and oxygen atoms in total. The second-order valence-electron chi connectivity index (χ2n) is 3.18. The van der Waals surface area contributed by atoms with E-state index in [2.05, 4.69) is 4.83 Å². The Balaban J connectivity index is 3.02. The summed E-state index contributed by atoms with van der Waals surface area (Å²) in [6.45, 7) is 0. The minimum atomic E-state index is -4.19. The molecule has 0 saturated heterocycles. The highest BCUT2D eigenvalue weighted by atomic mass is 32.2. The molecule has 1 rings (SSSR count). The monoisotopic (exact) mass is 244 g/mol. The van der Waals surface area contributed by atoms with Gasteiger partial charge in [0, 0.05) is 19.8 Å². The maximum absolute atomic E-state index is 11.3. The van der Waals surface area contributed by atoms with E-state index in [0.717, 1.165) is 5.69 Å². The standard InChI is InChI=1S/C8H10N3O4S/c1-10(2)7-3-5-8(6-4-7)16(14,15)9-11(12)13/h3-6H,1-2H3/q-1. The van der Waals surface area contributed by atoms with E-state index in [4.69, 9.17) is 0 Å². The summed E-state index contributed by atoms with van der Waals surface area (Å²) in [6.07, 6.45) is 0. The Morgan fingerprint density at radius 2 is 1.75 bits per heavy atom. The molecule has 0 spiro atoms. The SMILES string of the molecule is CN(C)c1ccc(S(=O)(=O)[N-][N+](=O)[O-])cc1. The lowest BCUT2D eigenvalue weighted by molar-refractivity contribution is -0.412. The third-order valence-electron chi connectivity index (χ3n) is 1.83. The van der Waals surface area contributed by atoms with Crippen LogP contribution >= 0.6 is 0 Å². The summed E-state index contributed by atoms with van der Waals surface area (Å²) >= 11 is 0. The minimum absolute atomic E-state index is 0.199. The lowest BCUT2D eigenvalue weighted by atomic mass is 10.3. The smallest absolute Gasteiger partial charge is 0.172 e. The van der Waals surface area contributed by atoms with Gasteiger partial charge in [-0.05, 0) is 29.3 Å². The molecule has 1 aromatic carbocycles. The number of nitrogens with zero attached hydrogens (tertiary/aromatic N) is 3. The molecule has 0 heterocycles. The summed E-state index contributed by atoms with van der Waals surface area (Å²) in [6, 6.07) is 5.64. The van der Waals surface area contributed by atoms with E-state index >= 15 is 0 Å². The Kier molecular flexibility index (Phi) is 3.33. The van der Waals surface area contributed by atoms with E-state index in [0.29, 0.717) is 0 Å². The van der Waals surface area contributed by atoms with Crippen LogP contribution in [-0.2, 0) is 10.0 Å². The molecule has 0 fully saturated rings. The van der Waals surface area contributed by atoms with E-state index in [-0.39, 0.29) is 4.90 Å². The van der Waals surface area contributed by atoms with Gasteiger partial charge in [-0.15, -0.1) is 0 Å². The normalized spacial score (nSPS) is 10.9. The highest BCUT2D eigenvalue weighted by molar-refractivity contribution is 7.93. The van der Waals surface area contributed by atoms with Gasteiger partial charge >= 0.3 is 0 Å². The molecule has 0 aliphatic rings. The number of sulfonamides is 1. The highest BCUT2D eigenvalue weighted by Gasteiger charge is 2.09. The molecule has 0 saturated carbocycles. The fourth-order valence-electron chi connectivity index (χ4n) is 1.05. The Morgan fingerprint density at radius 3 is 2.12 bits per heavy atom. The van der Waals surface area contributed by atoms with Crippen molar-refractivity contribution in [1.82, 2.24) is 0 Å². The summed E-state index contributed by atoms with van der Waals surface area (Å²) in [7, 11) is -0.602. The van der Waals surface area contributed by atoms with Crippen LogP contribution in [0.25, 0.3) is 4.83 Å². The van der Waals surface area contributed by atoms with Crippen LogP contribution in [0.1, 0.15) is 0 Å². The van der Waals surface area contributed by atoms with Gasteiger partial charge in [-0.1, -0.05) is 0 Å². The number of nitro groups is 1. The number of rotatable bonds is 4. The minimum Gasteiger partial charge on any atom is -0.378 e. The zero-order valence-electron chi connectivity index (χ0n) is 8.69. The van der Waals surface area contributed by atoms with Crippen molar-refractivity contribution in [1.29, 1.82) is 0 Å². The first-order chi connectivity index (χ1) is 7.33. The number of anilines is 1. The van der Waals surface area contributed by atoms with Gasteiger partial charge in [-0.25, -0.2) is 8.42 Å². The zero-order chi connectivity index (χ0) is 12.3. The maximum Gasteiger partial charge on any atom is 0.172 e. The molecular formula is C8H10N3O4S-. The first kappa shape index (κ1) is 12.2. The van der Waals surface area contributed by atoms with Crippen molar-refractivity contribution in [2.24, 2.45) is 0 Å². The Labute approximate surface area is 92.9 Å². The summed E-state index contributed by atoms with van der Waals surface area (Å²) < 4.78 is 22.6. The maximum atomic E-state index is 11.3. The van der Waals surface area contributed by atoms with Crippen LogP contribution in [0.4, 0.5) is 5.69 Å². The summed E-state index contributed by atoms with van der Waals surface area (Å²) in [4.78, 5) is 14.0. The van der Waals surface area contributed by atoms with Gasteiger partial charge in [0.15, 0.2) is 10.0 Å². The molecule has 0 atom stereocenters. The van der Waals surface area contributed by atoms with Crippen molar-refractivity contribution in [3.05, 3.63) is 39.2 Å². The van der Waals surface area contributed by atoms with E-state index in [1.54, 1.807) is 31.1 Å². The Morgan fingerprint density at radius 1 is 1.25 bits per heavy atom. The van der Waals surface area contributed by atoms with Gasteiger partial charge in [-0.2, -0.15) is 0 Å². The van der Waals surface area contributed by atoms with Crippen molar-refractivity contribution < 1.29 is 13.5 Å². The first-order valence-corrected chi connectivity index (χ1v) is 5.66. The molecule has 1 aromatic rings. The topological polar surface area (TPSA) is 94.6 Å². The lowest BCUT2D eigenvalue weighted by Gasteiger charge is -2.14. The number of benzene rings is 1. The largest absolute Gasteiger partial charge is 0.378 e. The highest BCUT2D eigenvalue weighted by Crippen LogP contribution is 2.20. The summed E-state index contributed by atoms with van der Waals surface area (Å²) in [5.41, 5.74) is 0.792. The average molecular weight is 244 g/mol. The van der Waals surface area contributed by atoms with Crippen LogP contribution in [0.2, 0.25) is 0 Å². The van der Waals surface area contributed by atoms with Gasteiger partial charge in [0.05, 0.1) is 4.90 Å². The van der Waals surface area contributed by atoms with Crippen LogP contribution in [0.15, 0.2) is 29.2 Å². The third-order valence-corrected chi connectivity index (χ3v) is 3.04. The molecule has 8 heteroatoms. The first-order valence-electron chi connectivity index (χ1n) is 4.22. The van der Waals surface area contributed by atoms with Crippen molar-refractivity contribution in [2.75, 3.05) is 19.0 Å². The predicted octanol–water partition coefficient (Wildman–Crippen LogP) is 1.01. The molecule has 0 radical (unpaired) electrons. The summed E-state index contributed by atoms with van der Waals surface area (Å²) in [5, 5.41) is 8.79. The molecule has 88 valence electrons. The molecule has 0 bridgehead atoms. The molecule has 0 aromatic heterocycles. The predicted molar refractivity (Wildman–Crippen MR) is 58.3 cm³/mol. The van der Waals surface area contributed by atoms with Gasteiger partial charge in [0.25, 0.3) is 0 Å². The molecule has 0 aliphatic carbocycles. The van der Waals surface area contributed by atoms with Crippen molar-refractivity contribution in [2.45, 2.75) is 4.90 Å². The summed E-state index contributed by atoms with van der Waals surface area (Å²) in [5.74, 6) is 0. The molecular weight excluding hydrogens is 234 g/mol. The van der Waals surface area contributed by atoms with Crippen molar-refractivity contribution in [3.63, 3.8) is 0 Å². The van der Waals surface area contributed by atoms with Crippen LogP contribution in [0.3, 0.4) is 0 Å². The van der Waals surface area contributed by atoms with Crippen molar-refractivity contribution >= 4 is 15.7 Å². The number of hydrogen-bond acceptors (Lipinski definition) is 5. The van der Waals surface area contributed by atoms with E-state index < -0.39 is 15.1 Å². The van der Waals surface area contributed by atoms with Gasteiger partial charge in [0.1, 0.15) is 0 Å². The fraction of sp³-hybridized carbons (Fsp3) is 0.250. The van der Waals surface area contributed by atoms with Crippen LogP contribution in [0.5, 0.6) is 0 Å².